The quantitative estimate of drug-likeness (QED) is 0.779. The van der Waals surface area contributed by atoms with Crippen molar-refractivity contribution in [3.8, 4) is 0 Å². The van der Waals surface area contributed by atoms with Crippen molar-refractivity contribution in [1.29, 1.82) is 0 Å². The number of hydrogen-bond acceptors (Lipinski definition) is 2. The molecule has 0 spiro atoms. The van der Waals surface area contributed by atoms with Crippen molar-refractivity contribution in [3.63, 3.8) is 0 Å². The van der Waals surface area contributed by atoms with Gasteiger partial charge in [0.1, 0.15) is 0 Å². The van der Waals surface area contributed by atoms with Crippen LogP contribution in [0, 0.1) is 17.8 Å². The summed E-state index contributed by atoms with van der Waals surface area (Å²) < 4.78 is 0. The van der Waals surface area contributed by atoms with Crippen molar-refractivity contribution < 1.29 is 9.59 Å². The summed E-state index contributed by atoms with van der Waals surface area (Å²) >= 11 is 0. The van der Waals surface area contributed by atoms with Gasteiger partial charge in [-0.15, -0.1) is 0 Å². The van der Waals surface area contributed by atoms with Gasteiger partial charge in [-0.25, -0.2) is 4.79 Å². The van der Waals surface area contributed by atoms with Crippen LogP contribution in [0.15, 0.2) is 30.5 Å². The topological polar surface area (TPSA) is 61.4 Å². The van der Waals surface area contributed by atoms with Crippen molar-refractivity contribution >= 4 is 17.6 Å². The lowest BCUT2D eigenvalue weighted by Gasteiger charge is -2.22. The van der Waals surface area contributed by atoms with Crippen molar-refractivity contribution in [2.45, 2.75) is 57.9 Å². The van der Waals surface area contributed by atoms with Gasteiger partial charge in [0.25, 0.3) is 0 Å². The Morgan fingerprint density at radius 3 is 2.71 bits per heavy atom. The third-order valence-electron chi connectivity index (χ3n) is 7.07. The van der Waals surface area contributed by atoms with Crippen LogP contribution in [0.1, 0.15) is 50.2 Å². The first kappa shape index (κ1) is 19.0. The van der Waals surface area contributed by atoms with E-state index in [1.54, 1.807) is 11.9 Å². The molecule has 3 aliphatic rings. The van der Waals surface area contributed by atoms with Gasteiger partial charge in [0.05, 0.1) is 6.04 Å². The fraction of sp³-hybridized carbons (Fsp3) is 0.565. The summed E-state index contributed by atoms with van der Waals surface area (Å²) in [4.78, 5) is 26.2. The fourth-order valence-corrected chi connectivity index (χ4v) is 5.47. The molecule has 28 heavy (non-hydrogen) atoms. The van der Waals surface area contributed by atoms with Crippen LogP contribution in [-0.4, -0.2) is 29.9 Å². The lowest BCUT2D eigenvalue weighted by molar-refractivity contribution is -0.117. The third-order valence-corrected chi connectivity index (χ3v) is 7.07. The minimum absolute atomic E-state index is 0.0576. The Kier molecular flexibility index (Phi) is 5.17. The molecule has 3 amide bonds. The van der Waals surface area contributed by atoms with Crippen molar-refractivity contribution in [1.82, 2.24) is 10.2 Å². The highest BCUT2D eigenvalue weighted by Gasteiger charge is 2.40. The summed E-state index contributed by atoms with van der Waals surface area (Å²) in [6, 6.07) is 6.00. The molecule has 3 fully saturated rings. The molecule has 2 aliphatic carbocycles. The van der Waals surface area contributed by atoms with Crippen LogP contribution < -0.4 is 10.6 Å². The number of carbonyl (C=O) groups is 2. The lowest BCUT2D eigenvalue weighted by atomic mass is 9.86. The summed E-state index contributed by atoms with van der Waals surface area (Å²) in [7, 11) is 1.80. The van der Waals surface area contributed by atoms with Gasteiger partial charge in [0.15, 0.2) is 0 Å². The summed E-state index contributed by atoms with van der Waals surface area (Å²) in [6.07, 6.45) is 7.50. The SMILES string of the molecule is C=C1NC(=O)N(C)C1Cc1cc(NC(=O)CC2C[C@H]3CCC2C3)ccc1CC. The smallest absolute Gasteiger partial charge is 0.321 e. The summed E-state index contributed by atoms with van der Waals surface area (Å²) in [5.41, 5.74) is 3.99. The Labute approximate surface area is 167 Å². The van der Waals surface area contributed by atoms with Crippen molar-refractivity contribution in [2.75, 3.05) is 12.4 Å². The minimum Gasteiger partial charge on any atom is -0.326 e. The van der Waals surface area contributed by atoms with E-state index in [-0.39, 0.29) is 18.0 Å². The molecule has 2 saturated carbocycles. The number of likely N-dealkylation sites (N-methyl/N-ethyl adjacent to an activating group) is 1. The number of rotatable bonds is 6. The van der Waals surface area contributed by atoms with E-state index >= 15 is 0 Å². The number of urea groups is 1. The van der Waals surface area contributed by atoms with E-state index in [1.165, 1.54) is 31.2 Å². The average Bonchev–Trinajstić information content (AvgIpc) is 3.33. The van der Waals surface area contributed by atoms with Gasteiger partial charge in [-0.3, -0.25) is 4.79 Å². The highest BCUT2D eigenvalue weighted by Crippen LogP contribution is 2.49. The van der Waals surface area contributed by atoms with E-state index in [1.807, 2.05) is 6.07 Å². The number of nitrogens with one attached hydrogen (secondary N) is 2. The molecule has 2 bridgehead atoms. The maximum atomic E-state index is 12.6. The maximum absolute atomic E-state index is 12.6. The van der Waals surface area contributed by atoms with Crippen LogP contribution in [0.5, 0.6) is 0 Å². The summed E-state index contributed by atoms with van der Waals surface area (Å²) in [5.74, 6) is 2.33. The van der Waals surface area contributed by atoms with Crippen LogP contribution in [0.2, 0.25) is 0 Å². The number of hydrogen-bond donors (Lipinski definition) is 2. The van der Waals surface area contributed by atoms with E-state index in [0.29, 0.717) is 18.8 Å². The van der Waals surface area contributed by atoms with Crippen molar-refractivity contribution in [3.05, 3.63) is 41.6 Å². The Hall–Kier alpha value is -2.30. The number of aryl methyl sites for hydroxylation is 1. The van der Waals surface area contributed by atoms with E-state index in [9.17, 15) is 9.59 Å². The number of amides is 3. The molecule has 5 heteroatoms. The highest BCUT2D eigenvalue weighted by atomic mass is 16.2. The second kappa shape index (κ2) is 7.61. The lowest BCUT2D eigenvalue weighted by Crippen LogP contribution is -2.31. The molecule has 1 aromatic rings. The Bertz CT molecular complexity index is 803. The number of fused-ring (bicyclic) bond motifs is 2. The van der Waals surface area contributed by atoms with E-state index in [0.717, 1.165) is 35.2 Å². The number of benzene rings is 1. The monoisotopic (exact) mass is 381 g/mol. The molecule has 1 saturated heterocycles. The second-order valence-electron chi connectivity index (χ2n) is 8.81. The van der Waals surface area contributed by atoms with Crippen molar-refractivity contribution in [2.24, 2.45) is 17.8 Å². The van der Waals surface area contributed by atoms with E-state index < -0.39 is 0 Å². The molecule has 0 radical (unpaired) electrons. The molecule has 5 nitrogen and oxygen atoms in total. The fourth-order valence-electron chi connectivity index (χ4n) is 5.47. The van der Waals surface area contributed by atoms with Gasteiger partial charge in [-0.05, 0) is 73.1 Å². The Balaban J connectivity index is 1.43. The first-order valence-electron chi connectivity index (χ1n) is 10.6. The van der Waals surface area contributed by atoms with Gasteiger partial charge in [-0.2, -0.15) is 0 Å². The number of carbonyl (C=O) groups excluding carboxylic acids is 2. The molecule has 150 valence electrons. The average molecular weight is 382 g/mol. The molecule has 0 aromatic heterocycles. The van der Waals surface area contributed by atoms with Gasteiger partial charge in [0.2, 0.25) is 5.91 Å². The molecule has 1 heterocycles. The molecule has 1 aromatic carbocycles. The van der Waals surface area contributed by atoms with E-state index in [2.05, 4.69) is 36.3 Å². The predicted molar refractivity (Wildman–Crippen MR) is 111 cm³/mol. The Morgan fingerprint density at radius 2 is 2.11 bits per heavy atom. The van der Waals surface area contributed by atoms with Crippen LogP contribution in [-0.2, 0) is 17.6 Å². The standard InChI is InChI=1S/C23H31N3O2/c1-4-16-7-8-20(11-19(16)12-21-14(2)24-23(28)26(21)3)25-22(27)13-18-10-15-5-6-17(18)9-15/h7-8,11,15,17-18,21H,2,4-6,9-10,12-13H2,1,3H3,(H,24,28)(H,25,27)/t15-,17?,18?,21?/m0/s1. The zero-order valence-corrected chi connectivity index (χ0v) is 17.0. The molecule has 1 aliphatic heterocycles. The third kappa shape index (κ3) is 3.67. The molecule has 4 rings (SSSR count). The molecular formula is C23H31N3O2. The van der Waals surface area contributed by atoms with Gasteiger partial charge in [-0.1, -0.05) is 26.0 Å². The molecule has 4 atom stereocenters. The summed E-state index contributed by atoms with van der Waals surface area (Å²) in [5, 5.41) is 5.92. The minimum atomic E-state index is -0.108. The van der Waals surface area contributed by atoms with Gasteiger partial charge in [0, 0.05) is 24.9 Å². The maximum Gasteiger partial charge on any atom is 0.321 e. The predicted octanol–water partition coefficient (Wildman–Crippen LogP) is 4.09. The molecular weight excluding hydrogens is 350 g/mol. The zero-order chi connectivity index (χ0) is 19.8. The number of anilines is 1. The summed E-state index contributed by atoms with van der Waals surface area (Å²) in [6.45, 7) is 6.12. The van der Waals surface area contributed by atoms with Gasteiger partial charge < -0.3 is 15.5 Å². The first-order valence-corrected chi connectivity index (χ1v) is 10.6. The van der Waals surface area contributed by atoms with Crippen LogP contribution in [0.4, 0.5) is 10.5 Å². The van der Waals surface area contributed by atoms with Crippen LogP contribution >= 0.6 is 0 Å². The zero-order valence-electron chi connectivity index (χ0n) is 17.0. The normalized spacial score (nSPS) is 28.7. The number of nitrogens with zero attached hydrogens (tertiary/aromatic N) is 1. The molecule has 2 N–H and O–H groups in total. The largest absolute Gasteiger partial charge is 0.326 e. The second-order valence-corrected chi connectivity index (χ2v) is 8.81. The van der Waals surface area contributed by atoms with Crippen LogP contribution in [0.25, 0.3) is 0 Å². The first-order chi connectivity index (χ1) is 13.4. The van der Waals surface area contributed by atoms with Crippen LogP contribution in [0.3, 0.4) is 0 Å². The van der Waals surface area contributed by atoms with Gasteiger partial charge >= 0.3 is 6.03 Å². The highest BCUT2D eigenvalue weighted by molar-refractivity contribution is 5.91. The Morgan fingerprint density at radius 1 is 1.29 bits per heavy atom. The molecule has 3 unspecified atom stereocenters. The van der Waals surface area contributed by atoms with E-state index in [4.69, 9.17) is 0 Å².